The molecule has 2 heteroatoms. The molecule has 3 fully saturated rings. The Morgan fingerprint density at radius 3 is 1.84 bits per heavy atom. The van der Waals surface area contributed by atoms with Crippen LogP contribution in [0.1, 0.15) is 90.4 Å². The summed E-state index contributed by atoms with van der Waals surface area (Å²) < 4.78 is 26.7. The summed E-state index contributed by atoms with van der Waals surface area (Å²) >= 11 is 0. The first-order valence-corrected chi connectivity index (χ1v) is 10.9. The second-order valence-corrected chi connectivity index (χ2v) is 9.01. The molecule has 0 aromatic rings. The lowest BCUT2D eigenvalue weighted by Crippen LogP contribution is -2.27. The molecule has 3 aliphatic carbocycles. The molecule has 3 rings (SSSR count). The van der Waals surface area contributed by atoms with Crippen molar-refractivity contribution in [1.82, 2.24) is 0 Å². The number of halogens is 2. The average Bonchev–Trinajstić information content (AvgIpc) is 2.64. The van der Waals surface area contributed by atoms with Crippen LogP contribution in [0.25, 0.3) is 0 Å². The Kier molecular flexibility index (Phi) is 7.20. The van der Waals surface area contributed by atoms with E-state index in [9.17, 15) is 8.78 Å². The van der Waals surface area contributed by atoms with E-state index in [1.807, 2.05) is 0 Å². The zero-order valence-corrected chi connectivity index (χ0v) is 16.0. The monoisotopic (exact) mass is 350 g/mol. The van der Waals surface area contributed by atoms with Crippen molar-refractivity contribution in [1.29, 1.82) is 0 Å². The molecule has 0 amide bonds. The van der Waals surface area contributed by atoms with Crippen LogP contribution in [0.5, 0.6) is 0 Å². The van der Waals surface area contributed by atoms with Crippen LogP contribution < -0.4 is 0 Å². The van der Waals surface area contributed by atoms with E-state index in [0.29, 0.717) is 18.8 Å². The summed E-state index contributed by atoms with van der Waals surface area (Å²) in [6.07, 6.45) is 12.6. The van der Waals surface area contributed by atoms with Gasteiger partial charge in [0, 0.05) is 11.8 Å². The molecule has 0 nitrogen and oxygen atoms in total. The van der Waals surface area contributed by atoms with Gasteiger partial charge in [-0.25, -0.2) is 8.78 Å². The third-order valence-corrected chi connectivity index (χ3v) is 7.21. The second-order valence-electron chi connectivity index (χ2n) is 9.01. The Morgan fingerprint density at radius 2 is 1.24 bits per heavy atom. The van der Waals surface area contributed by atoms with Gasteiger partial charge in [0.15, 0.2) is 0 Å². The molecule has 142 valence electrons. The molecular formula is C23H36F2. The predicted octanol–water partition coefficient (Wildman–Crippen LogP) is 6.88. The third-order valence-electron chi connectivity index (χ3n) is 7.21. The van der Waals surface area contributed by atoms with Crippen molar-refractivity contribution >= 4 is 0 Å². The fourth-order valence-electron chi connectivity index (χ4n) is 5.54. The summed E-state index contributed by atoms with van der Waals surface area (Å²) in [5.41, 5.74) is 0. The van der Waals surface area contributed by atoms with E-state index in [-0.39, 0.29) is 5.92 Å². The van der Waals surface area contributed by atoms with E-state index in [2.05, 4.69) is 18.8 Å². The van der Waals surface area contributed by atoms with Crippen LogP contribution in [0, 0.1) is 41.4 Å². The molecule has 0 aliphatic heterocycles. The highest BCUT2D eigenvalue weighted by Crippen LogP contribution is 2.42. The zero-order valence-electron chi connectivity index (χ0n) is 16.0. The molecule has 0 bridgehead atoms. The molecular weight excluding hydrogens is 314 g/mol. The lowest BCUT2D eigenvalue weighted by molar-refractivity contribution is 0.104. The van der Waals surface area contributed by atoms with Gasteiger partial charge in [0.05, 0.1) is 0 Å². The predicted molar refractivity (Wildman–Crippen MR) is 101 cm³/mol. The maximum Gasteiger partial charge on any atom is 0.132 e. The quantitative estimate of drug-likeness (QED) is 0.487. The second kappa shape index (κ2) is 9.38. The minimum absolute atomic E-state index is 0.0913. The molecule has 0 aromatic heterocycles. The van der Waals surface area contributed by atoms with E-state index >= 15 is 0 Å². The largest absolute Gasteiger partial charge is 0.244 e. The van der Waals surface area contributed by atoms with E-state index in [0.717, 1.165) is 24.2 Å². The Hall–Kier alpha value is -0.580. The van der Waals surface area contributed by atoms with Gasteiger partial charge in [-0.05, 0) is 75.5 Å². The number of hydrogen-bond donors (Lipinski definition) is 0. The molecule has 3 saturated carbocycles. The Labute approximate surface area is 153 Å². The normalized spacial score (nSPS) is 42.4. The SMILES string of the molecule is CCCC1CCC(C2CCC(C#CC3CCC(F)C(F)C3)CC2)CC1. The van der Waals surface area contributed by atoms with Crippen molar-refractivity contribution in [2.75, 3.05) is 0 Å². The van der Waals surface area contributed by atoms with Gasteiger partial charge in [0.1, 0.15) is 12.3 Å². The summed E-state index contributed by atoms with van der Waals surface area (Å²) in [6.45, 7) is 2.31. The van der Waals surface area contributed by atoms with Gasteiger partial charge < -0.3 is 0 Å². The molecule has 0 radical (unpaired) electrons. The van der Waals surface area contributed by atoms with Crippen molar-refractivity contribution in [3.8, 4) is 11.8 Å². The van der Waals surface area contributed by atoms with Crippen molar-refractivity contribution in [2.24, 2.45) is 29.6 Å². The summed E-state index contributed by atoms with van der Waals surface area (Å²) in [7, 11) is 0. The van der Waals surface area contributed by atoms with E-state index < -0.39 is 12.3 Å². The van der Waals surface area contributed by atoms with E-state index in [1.54, 1.807) is 0 Å². The maximum absolute atomic E-state index is 13.5. The summed E-state index contributed by atoms with van der Waals surface area (Å²) in [4.78, 5) is 0. The van der Waals surface area contributed by atoms with Crippen LogP contribution in [0.15, 0.2) is 0 Å². The molecule has 3 unspecified atom stereocenters. The smallest absolute Gasteiger partial charge is 0.132 e. The van der Waals surface area contributed by atoms with Gasteiger partial charge in [-0.15, -0.1) is 0 Å². The molecule has 0 spiro atoms. The van der Waals surface area contributed by atoms with Gasteiger partial charge in [-0.3, -0.25) is 0 Å². The molecule has 3 aliphatic rings. The van der Waals surface area contributed by atoms with Gasteiger partial charge in [-0.1, -0.05) is 44.4 Å². The summed E-state index contributed by atoms with van der Waals surface area (Å²) in [5, 5.41) is 0. The Balaban J connectivity index is 1.39. The highest BCUT2D eigenvalue weighted by Gasteiger charge is 2.31. The fraction of sp³-hybridized carbons (Fsp3) is 0.913. The van der Waals surface area contributed by atoms with Crippen molar-refractivity contribution in [3.05, 3.63) is 0 Å². The van der Waals surface area contributed by atoms with Gasteiger partial charge in [0.25, 0.3) is 0 Å². The molecule has 0 saturated heterocycles. The van der Waals surface area contributed by atoms with Crippen molar-refractivity contribution < 1.29 is 8.78 Å². The molecule has 0 aromatic carbocycles. The Bertz CT molecular complexity index is 446. The van der Waals surface area contributed by atoms with Crippen molar-refractivity contribution in [3.63, 3.8) is 0 Å². The van der Waals surface area contributed by atoms with Crippen LogP contribution in [0.2, 0.25) is 0 Å². The van der Waals surface area contributed by atoms with Crippen LogP contribution in [-0.4, -0.2) is 12.3 Å². The fourth-order valence-corrected chi connectivity index (χ4v) is 5.54. The standard InChI is InChI=1S/C23H36F2/c1-2-3-17-6-11-20(12-7-17)21-13-8-18(9-14-21)4-5-19-10-15-22(24)23(25)16-19/h17-23H,2-3,6-16H2,1H3. The minimum atomic E-state index is -1.29. The van der Waals surface area contributed by atoms with Gasteiger partial charge in [-0.2, -0.15) is 0 Å². The number of hydrogen-bond acceptors (Lipinski definition) is 0. The topological polar surface area (TPSA) is 0 Å². The number of alkyl halides is 2. The molecule has 0 heterocycles. The highest BCUT2D eigenvalue weighted by atomic mass is 19.2. The van der Waals surface area contributed by atoms with Crippen LogP contribution in [0.4, 0.5) is 8.78 Å². The van der Waals surface area contributed by atoms with E-state index in [4.69, 9.17) is 0 Å². The third kappa shape index (κ3) is 5.45. The molecule has 0 N–H and O–H groups in total. The lowest BCUT2D eigenvalue weighted by atomic mass is 9.69. The highest BCUT2D eigenvalue weighted by molar-refractivity contribution is 5.10. The molecule has 25 heavy (non-hydrogen) atoms. The van der Waals surface area contributed by atoms with E-state index in [1.165, 1.54) is 64.2 Å². The lowest BCUT2D eigenvalue weighted by Gasteiger charge is -2.37. The van der Waals surface area contributed by atoms with Crippen LogP contribution >= 0.6 is 0 Å². The van der Waals surface area contributed by atoms with Crippen LogP contribution in [-0.2, 0) is 0 Å². The average molecular weight is 351 g/mol. The summed E-state index contributed by atoms with van der Waals surface area (Å²) in [5.74, 6) is 10.2. The van der Waals surface area contributed by atoms with Crippen LogP contribution in [0.3, 0.4) is 0 Å². The molecule has 3 atom stereocenters. The Morgan fingerprint density at radius 1 is 0.680 bits per heavy atom. The summed E-state index contributed by atoms with van der Waals surface area (Å²) in [6, 6.07) is 0. The number of rotatable bonds is 3. The first-order chi connectivity index (χ1) is 12.2. The van der Waals surface area contributed by atoms with Gasteiger partial charge in [0.2, 0.25) is 0 Å². The van der Waals surface area contributed by atoms with Gasteiger partial charge >= 0.3 is 0 Å². The minimum Gasteiger partial charge on any atom is -0.244 e. The first-order valence-electron chi connectivity index (χ1n) is 10.9. The first kappa shape index (κ1) is 19.2. The zero-order chi connectivity index (χ0) is 17.6. The van der Waals surface area contributed by atoms with Crippen molar-refractivity contribution in [2.45, 2.75) is 103 Å². The maximum atomic E-state index is 13.5.